The first-order valence-electron chi connectivity index (χ1n) is 3.76. The van der Waals surface area contributed by atoms with Crippen LogP contribution in [0.3, 0.4) is 0 Å². The molecule has 0 aliphatic carbocycles. The van der Waals surface area contributed by atoms with Crippen LogP contribution >= 0.6 is 0 Å². The minimum Gasteiger partial charge on any atom is -0.382 e. The monoisotopic (exact) mass is 161 g/mol. The predicted octanol–water partition coefficient (Wildman–Crippen LogP) is -1.18. The standard InChI is InChI=1S/C6H8BN5/c1-7-6-9-2-4-5(8)10-3-11-12(4)6/h2-3,7H,1H3,(H2,8,10,11). The molecule has 0 atom stereocenters. The fourth-order valence-electron chi connectivity index (χ4n) is 1.13. The minimum absolute atomic E-state index is 0.470. The number of hydrogen-bond acceptors (Lipinski definition) is 4. The molecule has 0 unspecified atom stereocenters. The quantitative estimate of drug-likeness (QED) is 0.534. The number of anilines is 1. The second kappa shape index (κ2) is 2.47. The van der Waals surface area contributed by atoms with E-state index in [0.29, 0.717) is 5.82 Å². The van der Waals surface area contributed by atoms with E-state index in [-0.39, 0.29) is 0 Å². The van der Waals surface area contributed by atoms with Gasteiger partial charge in [-0.25, -0.2) is 9.50 Å². The van der Waals surface area contributed by atoms with E-state index in [1.54, 1.807) is 10.7 Å². The lowest BCUT2D eigenvalue weighted by molar-refractivity contribution is 0.921. The van der Waals surface area contributed by atoms with Crippen molar-refractivity contribution < 1.29 is 0 Å². The summed E-state index contributed by atoms with van der Waals surface area (Å²) in [5.41, 5.74) is 7.29. The highest BCUT2D eigenvalue weighted by Gasteiger charge is 2.04. The maximum atomic E-state index is 5.61. The molecule has 0 fully saturated rings. The zero-order valence-corrected chi connectivity index (χ0v) is 6.73. The number of hydrogen-bond donors (Lipinski definition) is 1. The van der Waals surface area contributed by atoms with Crippen LogP contribution in [0.2, 0.25) is 6.82 Å². The molecule has 2 N–H and O–H groups in total. The predicted molar refractivity (Wildman–Crippen MR) is 47.8 cm³/mol. The van der Waals surface area contributed by atoms with Gasteiger partial charge < -0.3 is 5.73 Å². The molecule has 2 heterocycles. The van der Waals surface area contributed by atoms with Crippen molar-refractivity contribution in [2.45, 2.75) is 6.82 Å². The third-order valence-corrected chi connectivity index (χ3v) is 1.75. The Kier molecular flexibility index (Phi) is 1.46. The SMILES string of the molecule is CBc1ncc2c(N)ncnn12. The molecule has 12 heavy (non-hydrogen) atoms. The molecule has 0 bridgehead atoms. The van der Waals surface area contributed by atoms with E-state index >= 15 is 0 Å². The molecule has 5 nitrogen and oxygen atoms in total. The van der Waals surface area contributed by atoms with Crippen molar-refractivity contribution in [1.82, 2.24) is 19.6 Å². The van der Waals surface area contributed by atoms with Crippen molar-refractivity contribution >= 4 is 24.3 Å². The lowest BCUT2D eigenvalue weighted by Gasteiger charge is -1.96. The minimum atomic E-state index is 0.470. The molecule has 2 aromatic rings. The van der Waals surface area contributed by atoms with Crippen LogP contribution in [0.1, 0.15) is 0 Å². The van der Waals surface area contributed by atoms with Crippen LogP contribution in [0.25, 0.3) is 5.52 Å². The van der Waals surface area contributed by atoms with Gasteiger partial charge in [0.25, 0.3) is 0 Å². The van der Waals surface area contributed by atoms with Crippen molar-refractivity contribution in [2.75, 3.05) is 5.73 Å². The summed E-state index contributed by atoms with van der Waals surface area (Å²) in [4.78, 5) is 8.02. The lowest BCUT2D eigenvalue weighted by atomic mass is 9.82. The molecule has 0 aliphatic heterocycles. The van der Waals surface area contributed by atoms with Crippen molar-refractivity contribution in [3.63, 3.8) is 0 Å². The van der Waals surface area contributed by atoms with Crippen molar-refractivity contribution in [1.29, 1.82) is 0 Å². The topological polar surface area (TPSA) is 69.1 Å². The van der Waals surface area contributed by atoms with Gasteiger partial charge in [-0.1, -0.05) is 6.82 Å². The fraction of sp³-hybridized carbons (Fsp3) is 0.167. The number of nitrogen functional groups attached to an aromatic ring is 1. The third kappa shape index (κ3) is 0.844. The van der Waals surface area contributed by atoms with E-state index in [2.05, 4.69) is 15.1 Å². The van der Waals surface area contributed by atoms with Gasteiger partial charge in [-0.15, -0.1) is 0 Å². The van der Waals surface area contributed by atoms with Gasteiger partial charge in [0.05, 0.1) is 11.9 Å². The average molecular weight is 161 g/mol. The van der Waals surface area contributed by atoms with E-state index < -0.39 is 0 Å². The zero-order chi connectivity index (χ0) is 8.55. The number of aromatic nitrogens is 4. The normalized spacial score (nSPS) is 10.4. The summed E-state index contributed by atoms with van der Waals surface area (Å²) in [7, 11) is 0.838. The van der Waals surface area contributed by atoms with Gasteiger partial charge in [-0.3, -0.25) is 4.98 Å². The van der Waals surface area contributed by atoms with Crippen LogP contribution in [-0.2, 0) is 0 Å². The number of imidazole rings is 1. The van der Waals surface area contributed by atoms with Gasteiger partial charge in [0.1, 0.15) is 11.8 Å². The second-order valence-corrected chi connectivity index (χ2v) is 2.47. The molecule has 0 saturated carbocycles. The molecule has 60 valence electrons. The highest BCUT2D eigenvalue weighted by atomic mass is 15.3. The van der Waals surface area contributed by atoms with Crippen LogP contribution in [-0.4, -0.2) is 26.9 Å². The van der Waals surface area contributed by atoms with Gasteiger partial charge in [0.15, 0.2) is 5.82 Å². The summed E-state index contributed by atoms with van der Waals surface area (Å²) in [6.45, 7) is 2.02. The summed E-state index contributed by atoms with van der Waals surface area (Å²) in [6, 6.07) is 0. The van der Waals surface area contributed by atoms with Gasteiger partial charge in [0.2, 0.25) is 7.28 Å². The highest BCUT2D eigenvalue weighted by molar-refractivity contribution is 6.49. The molecule has 0 amide bonds. The zero-order valence-electron chi connectivity index (χ0n) is 6.73. The fourth-order valence-corrected chi connectivity index (χ4v) is 1.13. The molecular weight excluding hydrogens is 153 g/mol. The first kappa shape index (κ1) is 7.09. The Morgan fingerprint density at radius 3 is 3.08 bits per heavy atom. The molecule has 0 radical (unpaired) electrons. The molecule has 0 aliphatic rings. The Bertz CT molecular complexity index is 409. The van der Waals surface area contributed by atoms with Crippen LogP contribution in [0.4, 0.5) is 5.82 Å². The Labute approximate surface area is 69.9 Å². The molecule has 2 rings (SSSR count). The smallest absolute Gasteiger partial charge is 0.204 e. The molecule has 0 spiro atoms. The Balaban J connectivity index is 2.80. The summed E-state index contributed by atoms with van der Waals surface area (Å²) >= 11 is 0. The van der Waals surface area contributed by atoms with Crippen molar-refractivity contribution in [3.8, 4) is 0 Å². The third-order valence-electron chi connectivity index (χ3n) is 1.75. The van der Waals surface area contributed by atoms with Gasteiger partial charge in [-0.05, 0) is 0 Å². The van der Waals surface area contributed by atoms with E-state index in [1.165, 1.54) is 6.33 Å². The van der Waals surface area contributed by atoms with Gasteiger partial charge >= 0.3 is 0 Å². The van der Waals surface area contributed by atoms with E-state index in [1.807, 2.05) is 6.82 Å². The second-order valence-electron chi connectivity index (χ2n) is 2.47. The van der Waals surface area contributed by atoms with Crippen LogP contribution in [0, 0.1) is 0 Å². The van der Waals surface area contributed by atoms with Crippen LogP contribution in [0.5, 0.6) is 0 Å². The molecular formula is C6H8BN5. The number of fused-ring (bicyclic) bond motifs is 1. The Morgan fingerprint density at radius 1 is 1.50 bits per heavy atom. The van der Waals surface area contributed by atoms with Gasteiger partial charge in [0, 0.05) is 0 Å². The average Bonchev–Trinajstić information content (AvgIpc) is 2.49. The molecule has 0 aromatic carbocycles. The summed E-state index contributed by atoms with van der Waals surface area (Å²) in [6.07, 6.45) is 3.12. The molecule has 6 heteroatoms. The number of nitrogens with two attached hydrogens (primary N) is 1. The first-order valence-corrected chi connectivity index (χ1v) is 3.76. The molecule has 0 saturated heterocycles. The van der Waals surface area contributed by atoms with Crippen molar-refractivity contribution in [2.24, 2.45) is 0 Å². The summed E-state index contributed by atoms with van der Waals surface area (Å²) in [5.74, 6) is 0.470. The van der Waals surface area contributed by atoms with E-state index in [4.69, 9.17) is 5.73 Å². The number of nitrogens with zero attached hydrogens (tertiary/aromatic N) is 4. The summed E-state index contributed by atoms with van der Waals surface area (Å²) < 4.78 is 1.71. The lowest BCUT2D eigenvalue weighted by Crippen LogP contribution is -2.21. The number of rotatable bonds is 1. The Hall–Kier alpha value is -1.59. The van der Waals surface area contributed by atoms with Gasteiger partial charge in [-0.2, -0.15) is 5.10 Å². The van der Waals surface area contributed by atoms with Crippen LogP contribution < -0.4 is 11.5 Å². The summed E-state index contributed by atoms with van der Waals surface area (Å²) in [5, 5.41) is 4.04. The first-order chi connectivity index (χ1) is 5.83. The van der Waals surface area contributed by atoms with Crippen LogP contribution in [0.15, 0.2) is 12.5 Å². The highest BCUT2D eigenvalue weighted by Crippen LogP contribution is 2.03. The maximum Gasteiger partial charge on any atom is 0.204 e. The van der Waals surface area contributed by atoms with E-state index in [9.17, 15) is 0 Å². The largest absolute Gasteiger partial charge is 0.382 e. The Morgan fingerprint density at radius 2 is 2.33 bits per heavy atom. The van der Waals surface area contributed by atoms with E-state index in [0.717, 1.165) is 18.5 Å². The van der Waals surface area contributed by atoms with Crippen molar-refractivity contribution in [3.05, 3.63) is 12.5 Å². The maximum absolute atomic E-state index is 5.61. The molecule has 2 aromatic heterocycles.